The number of alkyl halides is 3. The van der Waals surface area contributed by atoms with Gasteiger partial charge in [0, 0.05) is 26.2 Å². The molecular weight excluding hydrogens is 523 g/mol. The molecule has 4 atom stereocenters. The Morgan fingerprint density at radius 2 is 1.82 bits per heavy atom. The van der Waals surface area contributed by atoms with Gasteiger partial charge in [0.15, 0.2) is 0 Å². The molecule has 1 aromatic rings. The molecule has 1 unspecified atom stereocenters. The summed E-state index contributed by atoms with van der Waals surface area (Å²) in [5, 5.41) is 3.04. The number of hydrogen-bond donors (Lipinski definition) is 1. The fourth-order valence-electron chi connectivity index (χ4n) is 5.21. The van der Waals surface area contributed by atoms with Gasteiger partial charge in [-0.25, -0.2) is 13.2 Å². The molecule has 0 bridgehead atoms. The second-order valence-electron chi connectivity index (χ2n) is 11.7. The van der Waals surface area contributed by atoms with E-state index in [-0.39, 0.29) is 42.8 Å². The monoisotopic (exact) mass is 561 g/mol. The number of nitrogens with one attached hydrogen (secondary N) is 1. The Morgan fingerprint density at radius 3 is 2.39 bits per heavy atom. The van der Waals surface area contributed by atoms with Crippen molar-refractivity contribution in [2.75, 3.05) is 20.1 Å². The van der Waals surface area contributed by atoms with Crippen LogP contribution in [0, 0.1) is 17.8 Å². The SMILES string of the molecule is CC(C)CC(C(=O)N[C@H]1CC[C@@H]2CN(S(=O)(=O)c3cccc(C(F)(F)F)c3)C[C@@H]21)N(C)C(=O)OC(C)(C)C. The minimum Gasteiger partial charge on any atom is -0.444 e. The predicted molar refractivity (Wildman–Crippen MR) is 136 cm³/mol. The number of ether oxygens (including phenoxy) is 1. The van der Waals surface area contributed by atoms with Gasteiger partial charge >= 0.3 is 12.3 Å². The lowest BCUT2D eigenvalue weighted by Crippen LogP contribution is -2.52. The average Bonchev–Trinajstić information content (AvgIpc) is 3.37. The third-order valence-corrected chi connectivity index (χ3v) is 8.92. The first-order valence-corrected chi connectivity index (χ1v) is 14.3. The summed E-state index contributed by atoms with van der Waals surface area (Å²) >= 11 is 0. The first kappa shape index (κ1) is 30.2. The van der Waals surface area contributed by atoms with E-state index in [1.807, 2.05) is 13.8 Å². The highest BCUT2D eigenvalue weighted by Gasteiger charge is 2.47. The lowest BCUT2D eigenvalue weighted by Gasteiger charge is -2.32. The maximum absolute atomic E-state index is 13.4. The summed E-state index contributed by atoms with van der Waals surface area (Å²) in [5.41, 5.74) is -1.74. The van der Waals surface area contributed by atoms with Crippen molar-refractivity contribution in [3.8, 4) is 0 Å². The molecule has 38 heavy (non-hydrogen) atoms. The number of benzene rings is 1. The van der Waals surface area contributed by atoms with E-state index in [9.17, 15) is 31.2 Å². The number of halogens is 3. The van der Waals surface area contributed by atoms with Crippen LogP contribution in [0.2, 0.25) is 0 Å². The maximum atomic E-state index is 13.4. The Kier molecular flexibility index (Phi) is 8.77. The van der Waals surface area contributed by atoms with Crippen LogP contribution in [-0.4, -0.2) is 67.4 Å². The fraction of sp³-hybridized carbons (Fsp3) is 0.692. The van der Waals surface area contributed by atoms with Crippen LogP contribution in [0.25, 0.3) is 0 Å². The second-order valence-corrected chi connectivity index (χ2v) is 13.6. The van der Waals surface area contributed by atoms with E-state index in [0.717, 1.165) is 12.1 Å². The van der Waals surface area contributed by atoms with Crippen molar-refractivity contribution in [3.63, 3.8) is 0 Å². The normalized spacial score (nSPS) is 23.3. The molecule has 8 nitrogen and oxygen atoms in total. The molecule has 2 amide bonds. The van der Waals surface area contributed by atoms with Crippen LogP contribution in [0.5, 0.6) is 0 Å². The average molecular weight is 562 g/mol. The van der Waals surface area contributed by atoms with Gasteiger partial charge in [0.25, 0.3) is 0 Å². The molecule has 0 aromatic heterocycles. The second kappa shape index (κ2) is 11.0. The Morgan fingerprint density at radius 1 is 1.16 bits per heavy atom. The molecule has 12 heteroatoms. The Bertz CT molecular complexity index is 1130. The molecule has 0 spiro atoms. The van der Waals surface area contributed by atoms with Crippen LogP contribution in [0.1, 0.15) is 59.4 Å². The highest BCUT2D eigenvalue weighted by molar-refractivity contribution is 7.89. The van der Waals surface area contributed by atoms with Crippen molar-refractivity contribution in [1.82, 2.24) is 14.5 Å². The van der Waals surface area contributed by atoms with Gasteiger partial charge in [0.1, 0.15) is 11.6 Å². The highest BCUT2D eigenvalue weighted by Crippen LogP contribution is 2.41. The lowest BCUT2D eigenvalue weighted by molar-refractivity contribution is -0.137. The van der Waals surface area contributed by atoms with Gasteiger partial charge < -0.3 is 10.1 Å². The molecule has 1 saturated heterocycles. The minimum atomic E-state index is -4.65. The number of fused-ring (bicyclic) bond motifs is 1. The summed E-state index contributed by atoms with van der Waals surface area (Å²) in [6.45, 7) is 9.41. The van der Waals surface area contributed by atoms with Gasteiger partial charge in [0.05, 0.1) is 10.5 Å². The van der Waals surface area contributed by atoms with Crippen LogP contribution in [0.4, 0.5) is 18.0 Å². The summed E-state index contributed by atoms with van der Waals surface area (Å²) in [7, 11) is -2.61. The molecule has 1 aliphatic heterocycles. The van der Waals surface area contributed by atoms with Crippen LogP contribution in [0.15, 0.2) is 29.2 Å². The number of carbonyl (C=O) groups is 2. The molecule has 1 heterocycles. The minimum absolute atomic E-state index is 0.0204. The topological polar surface area (TPSA) is 96.0 Å². The zero-order valence-corrected chi connectivity index (χ0v) is 23.5. The summed E-state index contributed by atoms with van der Waals surface area (Å²) in [6, 6.07) is 2.68. The summed E-state index contributed by atoms with van der Waals surface area (Å²) in [4.78, 5) is 26.9. The van der Waals surface area contributed by atoms with E-state index in [2.05, 4.69) is 5.32 Å². The highest BCUT2D eigenvalue weighted by atomic mass is 32.2. The van der Waals surface area contributed by atoms with Crippen molar-refractivity contribution >= 4 is 22.0 Å². The number of carbonyl (C=O) groups excluding carboxylic acids is 2. The van der Waals surface area contributed by atoms with Gasteiger partial charge in [-0.2, -0.15) is 17.5 Å². The van der Waals surface area contributed by atoms with Crippen LogP contribution >= 0.6 is 0 Å². The van der Waals surface area contributed by atoms with E-state index in [0.29, 0.717) is 25.3 Å². The van der Waals surface area contributed by atoms with Crippen molar-refractivity contribution in [3.05, 3.63) is 29.8 Å². The van der Waals surface area contributed by atoms with E-state index in [1.165, 1.54) is 22.3 Å². The van der Waals surface area contributed by atoms with Gasteiger partial charge in [0.2, 0.25) is 15.9 Å². The fourth-order valence-corrected chi connectivity index (χ4v) is 6.79. The number of hydrogen-bond acceptors (Lipinski definition) is 5. The van der Waals surface area contributed by atoms with Crippen molar-refractivity contribution in [2.45, 2.75) is 82.6 Å². The zero-order chi connectivity index (χ0) is 28.6. The molecule has 1 N–H and O–H groups in total. The molecule has 214 valence electrons. The lowest BCUT2D eigenvalue weighted by atomic mass is 9.96. The third-order valence-electron chi connectivity index (χ3n) is 7.10. The van der Waals surface area contributed by atoms with Crippen molar-refractivity contribution < 1.29 is 35.9 Å². The van der Waals surface area contributed by atoms with Crippen LogP contribution < -0.4 is 5.32 Å². The summed E-state index contributed by atoms with van der Waals surface area (Å²) in [5.74, 6) is -0.414. The standard InChI is InChI=1S/C26H38F3N3O5S/c1-16(2)12-22(31(6)24(34)37-25(3,4)5)23(33)30-21-11-10-17-14-32(15-20(17)21)38(35,36)19-9-7-8-18(13-19)26(27,28)29/h7-9,13,16-17,20-22H,10-12,14-15H2,1-6H3,(H,30,33)/t17-,20+,21+,22?/m1/s1. The number of likely N-dealkylation sites (N-methyl/N-ethyl adjacent to an activating group) is 1. The molecule has 2 aliphatic rings. The molecule has 1 aromatic carbocycles. The van der Waals surface area contributed by atoms with E-state index >= 15 is 0 Å². The molecule has 0 radical (unpaired) electrons. The van der Waals surface area contributed by atoms with Gasteiger partial charge in [-0.3, -0.25) is 9.69 Å². The number of amides is 2. The van der Waals surface area contributed by atoms with Crippen LogP contribution in [-0.2, 0) is 25.7 Å². The number of rotatable bonds is 7. The quantitative estimate of drug-likeness (QED) is 0.529. The molecule has 1 saturated carbocycles. The van der Waals surface area contributed by atoms with Crippen molar-refractivity contribution in [2.24, 2.45) is 17.8 Å². The Balaban J connectivity index is 1.73. The summed E-state index contributed by atoms with van der Waals surface area (Å²) in [6.07, 6.45) is -3.51. The van der Waals surface area contributed by atoms with Crippen LogP contribution in [0.3, 0.4) is 0 Å². The van der Waals surface area contributed by atoms with Gasteiger partial charge in [-0.05, 0) is 76.0 Å². The number of nitrogens with zero attached hydrogens (tertiary/aromatic N) is 2. The molecule has 2 fully saturated rings. The first-order chi connectivity index (χ1) is 17.4. The molecule has 1 aliphatic carbocycles. The van der Waals surface area contributed by atoms with Gasteiger partial charge in [-0.15, -0.1) is 0 Å². The van der Waals surface area contributed by atoms with E-state index in [1.54, 1.807) is 20.8 Å². The van der Waals surface area contributed by atoms with Crippen molar-refractivity contribution in [1.29, 1.82) is 0 Å². The smallest absolute Gasteiger partial charge is 0.416 e. The van der Waals surface area contributed by atoms with Gasteiger partial charge in [-0.1, -0.05) is 19.9 Å². The Labute approximate surface area is 222 Å². The molecular formula is C26H38F3N3O5S. The Hall–Kier alpha value is -2.34. The summed E-state index contributed by atoms with van der Waals surface area (Å²) < 4.78 is 72.5. The largest absolute Gasteiger partial charge is 0.444 e. The third kappa shape index (κ3) is 6.99. The predicted octanol–water partition coefficient (Wildman–Crippen LogP) is 4.50. The molecule has 3 rings (SSSR count). The number of sulfonamides is 1. The van der Waals surface area contributed by atoms with E-state index in [4.69, 9.17) is 4.74 Å². The zero-order valence-electron chi connectivity index (χ0n) is 22.7. The van der Waals surface area contributed by atoms with E-state index < -0.39 is 44.4 Å². The maximum Gasteiger partial charge on any atom is 0.416 e. The first-order valence-electron chi connectivity index (χ1n) is 12.8.